The molecule has 0 atom stereocenters. The lowest BCUT2D eigenvalue weighted by Gasteiger charge is -2.17. The van der Waals surface area contributed by atoms with Crippen LogP contribution >= 0.6 is 0 Å². The fourth-order valence-corrected chi connectivity index (χ4v) is 4.58. The molecule has 6 aromatic rings. The highest BCUT2D eigenvalue weighted by Crippen LogP contribution is 2.38. The van der Waals surface area contributed by atoms with Gasteiger partial charge < -0.3 is 8.83 Å². The zero-order valence-electron chi connectivity index (χ0n) is 15.6. The van der Waals surface area contributed by atoms with Crippen LogP contribution < -0.4 is 0 Å². The van der Waals surface area contributed by atoms with Gasteiger partial charge in [-0.25, -0.2) is 0 Å². The molecule has 140 valence electrons. The first-order valence-electron chi connectivity index (χ1n) is 9.69. The molecule has 0 radical (unpaired) electrons. The minimum atomic E-state index is -0.190. The standard InChI is InChI=1S/C26H12O4/c27-25-17-9-15-13-5-1-3-7-21(13)29-23(15)11-19(17)26(28)20-12-24-16(10-18(20)25)14-6-2-4-8-22(14)30-24/h1-12H. The van der Waals surface area contributed by atoms with Crippen molar-refractivity contribution in [3.8, 4) is 0 Å². The number of benzene rings is 4. The lowest BCUT2D eigenvalue weighted by molar-refractivity contribution is 0.0979. The van der Waals surface area contributed by atoms with E-state index in [0.29, 0.717) is 33.4 Å². The Hall–Kier alpha value is -4.18. The van der Waals surface area contributed by atoms with Crippen molar-refractivity contribution in [2.24, 2.45) is 0 Å². The normalized spacial score (nSPS) is 13.5. The molecule has 4 heteroatoms. The van der Waals surface area contributed by atoms with E-state index in [2.05, 4.69) is 0 Å². The van der Waals surface area contributed by atoms with Gasteiger partial charge in [0.15, 0.2) is 11.6 Å². The van der Waals surface area contributed by atoms with E-state index < -0.39 is 0 Å². The first-order chi connectivity index (χ1) is 14.7. The molecule has 7 rings (SSSR count). The van der Waals surface area contributed by atoms with E-state index in [1.54, 1.807) is 24.3 Å². The summed E-state index contributed by atoms with van der Waals surface area (Å²) in [6, 6.07) is 22.3. The maximum absolute atomic E-state index is 13.4. The summed E-state index contributed by atoms with van der Waals surface area (Å²) >= 11 is 0. The summed E-state index contributed by atoms with van der Waals surface area (Å²) in [5.41, 5.74) is 4.24. The van der Waals surface area contributed by atoms with Crippen LogP contribution in [0.5, 0.6) is 0 Å². The van der Waals surface area contributed by atoms with E-state index >= 15 is 0 Å². The van der Waals surface area contributed by atoms with Crippen molar-refractivity contribution in [1.82, 2.24) is 0 Å². The van der Waals surface area contributed by atoms with Crippen molar-refractivity contribution in [2.45, 2.75) is 0 Å². The first-order valence-corrected chi connectivity index (χ1v) is 9.69. The van der Waals surface area contributed by atoms with E-state index in [1.807, 2.05) is 48.5 Å². The highest BCUT2D eigenvalue weighted by Gasteiger charge is 2.32. The van der Waals surface area contributed by atoms with Gasteiger partial charge in [-0.05, 0) is 36.4 Å². The van der Waals surface area contributed by atoms with E-state index in [-0.39, 0.29) is 11.6 Å². The highest BCUT2D eigenvalue weighted by atomic mass is 16.3. The molecule has 0 amide bonds. The van der Waals surface area contributed by atoms with E-state index in [0.717, 1.165) is 32.7 Å². The fraction of sp³-hybridized carbons (Fsp3) is 0. The molecule has 2 heterocycles. The monoisotopic (exact) mass is 388 g/mol. The predicted octanol–water partition coefficient (Wildman–Crippen LogP) is 6.26. The average Bonchev–Trinajstić information content (AvgIpc) is 3.32. The summed E-state index contributed by atoms with van der Waals surface area (Å²) in [6.07, 6.45) is 0. The number of carbonyl (C=O) groups excluding carboxylic acids is 2. The van der Waals surface area contributed by atoms with Crippen LogP contribution in [-0.2, 0) is 0 Å². The van der Waals surface area contributed by atoms with Gasteiger partial charge in [0.2, 0.25) is 0 Å². The van der Waals surface area contributed by atoms with Crippen LogP contribution in [0.2, 0.25) is 0 Å². The van der Waals surface area contributed by atoms with Gasteiger partial charge in [0.05, 0.1) is 0 Å². The van der Waals surface area contributed by atoms with Crippen molar-refractivity contribution in [3.05, 3.63) is 95.1 Å². The van der Waals surface area contributed by atoms with Gasteiger partial charge in [-0.2, -0.15) is 0 Å². The van der Waals surface area contributed by atoms with E-state index in [9.17, 15) is 9.59 Å². The average molecular weight is 388 g/mol. The smallest absolute Gasteiger partial charge is 0.194 e. The predicted molar refractivity (Wildman–Crippen MR) is 114 cm³/mol. The summed E-state index contributed by atoms with van der Waals surface area (Å²) in [4.78, 5) is 26.8. The van der Waals surface area contributed by atoms with Crippen LogP contribution in [-0.4, -0.2) is 11.6 Å². The zero-order chi connectivity index (χ0) is 20.0. The summed E-state index contributed by atoms with van der Waals surface area (Å²) < 4.78 is 11.8. The Labute approximate surface area is 169 Å². The van der Waals surface area contributed by atoms with Gasteiger partial charge in [-0.15, -0.1) is 0 Å². The van der Waals surface area contributed by atoms with Crippen molar-refractivity contribution in [3.63, 3.8) is 0 Å². The minimum Gasteiger partial charge on any atom is -0.456 e. The Balaban J connectivity index is 1.55. The SMILES string of the molecule is O=C1c2cc3oc4ccccc4c3cc2C(=O)c2cc3c(cc21)oc1ccccc13. The Morgan fingerprint density at radius 2 is 0.833 bits per heavy atom. The highest BCUT2D eigenvalue weighted by molar-refractivity contribution is 6.31. The minimum absolute atomic E-state index is 0.154. The Morgan fingerprint density at radius 1 is 0.433 bits per heavy atom. The number of fused-ring (bicyclic) bond motifs is 8. The molecule has 0 fully saturated rings. The van der Waals surface area contributed by atoms with Crippen molar-refractivity contribution >= 4 is 55.4 Å². The third-order valence-corrected chi connectivity index (χ3v) is 6.01. The van der Waals surface area contributed by atoms with Crippen LogP contribution in [0, 0.1) is 0 Å². The molecule has 0 bridgehead atoms. The topological polar surface area (TPSA) is 60.4 Å². The second-order valence-corrected chi connectivity index (χ2v) is 7.64. The molecule has 0 unspecified atom stereocenters. The Kier molecular flexibility index (Phi) is 2.75. The second-order valence-electron chi connectivity index (χ2n) is 7.64. The number of hydrogen-bond donors (Lipinski definition) is 0. The Morgan fingerprint density at radius 3 is 1.30 bits per heavy atom. The number of rotatable bonds is 0. The number of carbonyl (C=O) groups is 2. The third kappa shape index (κ3) is 1.85. The summed E-state index contributed by atoms with van der Waals surface area (Å²) in [5, 5.41) is 3.53. The molecular formula is C26H12O4. The third-order valence-electron chi connectivity index (χ3n) is 6.01. The second kappa shape index (κ2) is 5.24. The number of furan rings is 2. The molecule has 0 spiro atoms. The molecule has 30 heavy (non-hydrogen) atoms. The molecule has 2 aromatic heterocycles. The largest absolute Gasteiger partial charge is 0.456 e. The number of hydrogen-bond acceptors (Lipinski definition) is 4. The number of para-hydroxylation sites is 2. The van der Waals surface area contributed by atoms with Crippen molar-refractivity contribution in [2.75, 3.05) is 0 Å². The summed E-state index contributed by atoms with van der Waals surface area (Å²) in [6.45, 7) is 0. The molecule has 4 nitrogen and oxygen atoms in total. The van der Waals surface area contributed by atoms with Crippen LogP contribution in [0.15, 0.2) is 81.6 Å². The quantitative estimate of drug-likeness (QED) is 0.308. The molecule has 0 N–H and O–H groups in total. The molecule has 1 aliphatic carbocycles. The van der Waals surface area contributed by atoms with Gasteiger partial charge in [-0.3, -0.25) is 9.59 Å². The Bertz CT molecular complexity index is 1600. The van der Waals surface area contributed by atoms with Gasteiger partial charge in [-0.1, -0.05) is 36.4 Å². The molecule has 4 aromatic carbocycles. The van der Waals surface area contributed by atoms with Gasteiger partial charge in [0.25, 0.3) is 0 Å². The fourth-order valence-electron chi connectivity index (χ4n) is 4.58. The molecule has 0 saturated heterocycles. The lowest BCUT2D eigenvalue weighted by Crippen LogP contribution is -2.20. The van der Waals surface area contributed by atoms with Crippen molar-refractivity contribution in [1.29, 1.82) is 0 Å². The summed E-state index contributed by atoms with van der Waals surface area (Å²) in [7, 11) is 0. The van der Waals surface area contributed by atoms with Crippen LogP contribution in [0.4, 0.5) is 0 Å². The van der Waals surface area contributed by atoms with Gasteiger partial charge >= 0.3 is 0 Å². The van der Waals surface area contributed by atoms with Crippen molar-refractivity contribution < 1.29 is 18.4 Å². The van der Waals surface area contributed by atoms with Gasteiger partial charge in [0.1, 0.15) is 22.3 Å². The van der Waals surface area contributed by atoms with Crippen LogP contribution in [0.25, 0.3) is 43.9 Å². The van der Waals surface area contributed by atoms with Crippen LogP contribution in [0.1, 0.15) is 31.8 Å². The molecule has 0 saturated carbocycles. The molecule has 1 aliphatic rings. The van der Waals surface area contributed by atoms with E-state index in [4.69, 9.17) is 8.83 Å². The molecule has 0 aliphatic heterocycles. The van der Waals surface area contributed by atoms with E-state index in [1.165, 1.54) is 0 Å². The first kappa shape index (κ1) is 15.7. The maximum atomic E-state index is 13.4. The number of ketones is 2. The summed E-state index contributed by atoms with van der Waals surface area (Å²) in [5.74, 6) is -0.344. The zero-order valence-corrected chi connectivity index (χ0v) is 15.6. The maximum Gasteiger partial charge on any atom is 0.194 e. The van der Waals surface area contributed by atoms with Crippen LogP contribution in [0.3, 0.4) is 0 Å². The molecular weight excluding hydrogens is 376 g/mol. The van der Waals surface area contributed by atoms with Gasteiger partial charge in [0, 0.05) is 43.8 Å². The lowest BCUT2D eigenvalue weighted by atomic mass is 9.82.